The predicted octanol–water partition coefficient (Wildman–Crippen LogP) is 4.80. The molecule has 0 spiro atoms. The van der Waals surface area contributed by atoms with E-state index < -0.39 is 30.4 Å². The number of anilines is 1. The lowest BCUT2D eigenvalue weighted by molar-refractivity contribution is -0.123. The van der Waals surface area contributed by atoms with Gasteiger partial charge < -0.3 is 10.6 Å². The van der Waals surface area contributed by atoms with E-state index in [0.29, 0.717) is 16.3 Å². The van der Waals surface area contributed by atoms with Crippen LogP contribution < -0.4 is 10.6 Å². The Labute approximate surface area is 172 Å². The van der Waals surface area contributed by atoms with Crippen molar-refractivity contribution in [3.63, 3.8) is 0 Å². The van der Waals surface area contributed by atoms with Crippen LogP contribution in [-0.4, -0.2) is 29.5 Å². The van der Waals surface area contributed by atoms with Gasteiger partial charge in [0.1, 0.15) is 22.2 Å². The monoisotopic (exact) mass is 437 g/mol. The smallest absolute Gasteiger partial charge is 0.343 e. The van der Waals surface area contributed by atoms with E-state index in [1.807, 2.05) is 0 Å². The number of nitrogens with one attached hydrogen (secondary N) is 2. The lowest BCUT2D eigenvalue weighted by atomic mass is 10.1. The molecule has 0 saturated carbocycles. The molecular weight excluding hydrogens is 422 g/mol. The zero-order valence-electron chi connectivity index (χ0n) is 15.5. The molecule has 0 saturated heterocycles. The number of aryl methyl sites for hydroxylation is 1. The number of hydrogen-bond donors (Lipinski definition) is 2. The van der Waals surface area contributed by atoms with Crippen molar-refractivity contribution in [2.75, 3.05) is 11.9 Å². The fourth-order valence-electron chi connectivity index (χ4n) is 2.57. The molecule has 0 atom stereocenters. The first-order valence-corrected chi connectivity index (χ1v) is 9.44. The number of alkyl halides is 3. The minimum absolute atomic E-state index is 0.0679. The molecule has 0 radical (unpaired) electrons. The zero-order chi connectivity index (χ0) is 21.9. The molecule has 1 heterocycles. The third-order valence-corrected chi connectivity index (χ3v) is 5.17. The highest BCUT2D eigenvalue weighted by molar-refractivity contribution is 7.17. The summed E-state index contributed by atoms with van der Waals surface area (Å²) in [6.07, 6.45) is -4.55. The van der Waals surface area contributed by atoms with Crippen molar-refractivity contribution >= 4 is 28.8 Å². The molecule has 0 aliphatic carbocycles. The second-order valence-electron chi connectivity index (χ2n) is 6.24. The number of para-hydroxylation sites is 1. The molecule has 10 heteroatoms. The van der Waals surface area contributed by atoms with E-state index in [0.717, 1.165) is 11.3 Å². The summed E-state index contributed by atoms with van der Waals surface area (Å²) in [5, 5.41) is 4.84. The minimum Gasteiger partial charge on any atom is -0.343 e. The summed E-state index contributed by atoms with van der Waals surface area (Å²) in [6, 6.07) is 11.4. The number of carbonyl (C=O) groups is 2. The van der Waals surface area contributed by atoms with Gasteiger partial charge >= 0.3 is 6.18 Å². The quantitative estimate of drug-likeness (QED) is 0.563. The number of rotatable bonds is 5. The van der Waals surface area contributed by atoms with E-state index in [-0.39, 0.29) is 16.1 Å². The summed E-state index contributed by atoms with van der Waals surface area (Å²) in [7, 11) is 0. The highest BCUT2D eigenvalue weighted by Crippen LogP contribution is 2.29. The van der Waals surface area contributed by atoms with Crippen LogP contribution in [0.25, 0.3) is 10.6 Å². The Morgan fingerprint density at radius 2 is 1.70 bits per heavy atom. The highest BCUT2D eigenvalue weighted by Gasteiger charge is 2.28. The van der Waals surface area contributed by atoms with Gasteiger partial charge in [-0.15, -0.1) is 11.3 Å². The van der Waals surface area contributed by atoms with Crippen molar-refractivity contribution in [2.24, 2.45) is 0 Å². The van der Waals surface area contributed by atoms with Crippen molar-refractivity contribution in [2.45, 2.75) is 13.1 Å². The molecule has 0 bridgehead atoms. The average Bonchev–Trinajstić information content (AvgIpc) is 3.08. The van der Waals surface area contributed by atoms with Crippen LogP contribution in [-0.2, 0) is 0 Å². The maximum atomic E-state index is 13.1. The molecule has 3 rings (SSSR count). The average molecular weight is 437 g/mol. The minimum atomic E-state index is -4.55. The predicted molar refractivity (Wildman–Crippen MR) is 105 cm³/mol. The van der Waals surface area contributed by atoms with Gasteiger partial charge in [0.25, 0.3) is 11.8 Å². The first kappa shape index (κ1) is 21.4. The molecule has 0 aliphatic rings. The summed E-state index contributed by atoms with van der Waals surface area (Å²) in [5.74, 6) is -1.92. The molecule has 2 N–H and O–H groups in total. The van der Waals surface area contributed by atoms with Crippen LogP contribution in [0.2, 0.25) is 0 Å². The van der Waals surface area contributed by atoms with Gasteiger partial charge in [0.2, 0.25) is 0 Å². The van der Waals surface area contributed by atoms with E-state index in [4.69, 9.17) is 0 Å². The van der Waals surface area contributed by atoms with Gasteiger partial charge in [-0.1, -0.05) is 12.1 Å². The summed E-state index contributed by atoms with van der Waals surface area (Å²) in [4.78, 5) is 29.4. The summed E-state index contributed by atoms with van der Waals surface area (Å²) in [5.41, 5.74) is 1.03. The maximum Gasteiger partial charge on any atom is 0.405 e. The van der Waals surface area contributed by atoms with E-state index in [1.54, 1.807) is 18.3 Å². The van der Waals surface area contributed by atoms with Crippen molar-refractivity contribution in [1.82, 2.24) is 10.3 Å². The Bertz CT molecular complexity index is 1080. The number of hydrogen-bond acceptors (Lipinski definition) is 4. The van der Waals surface area contributed by atoms with Crippen molar-refractivity contribution in [3.8, 4) is 10.6 Å². The molecule has 0 aliphatic heterocycles. The summed E-state index contributed by atoms with van der Waals surface area (Å²) < 4.78 is 50.2. The summed E-state index contributed by atoms with van der Waals surface area (Å²) in [6.45, 7) is 0.142. The number of benzene rings is 2. The van der Waals surface area contributed by atoms with E-state index in [2.05, 4.69) is 10.3 Å². The van der Waals surface area contributed by atoms with Crippen molar-refractivity contribution in [3.05, 3.63) is 70.5 Å². The largest absolute Gasteiger partial charge is 0.405 e. The van der Waals surface area contributed by atoms with Crippen LogP contribution in [0.5, 0.6) is 0 Å². The van der Waals surface area contributed by atoms with Gasteiger partial charge in [-0.05, 0) is 43.3 Å². The van der Waals surface area contributed by atoms with Crippen LogP contribution >= 0.6 is 11.3 Å². The third kappa shape index (κ3) is 5.20. The first-order chi connectivity index (χ1) is 14.1. The van der Waals surface area contributed by atoms with Crippen LogP contribution in [0.4, 0.5) is 23.2 Å². The fraction of sp³-hybridized carbons (Fsp3) is 0.150. The molecule has 5 nitrogen and oxygen atoms in total. The second kappa shape index (κ2) is 8.62. The Hall–Kier alpha value is -3.27. The molecule has 0 fully saturated rings. The topological polar surface area (TPSA) is 71.1 Å². The van der Waals surface area contributed by atoms with Gasteiger partial charge in [0.15, 0.2) is 0 Å². The van der Waals surface area contributed by atoms with Crippen molar-refractivity contribution < 1.29 is 27.2 Å². The van der Waals surface area contributed by atoms with Crippen LogP contribution in [0.3, 0.4) is 0 Å². The molecule has 1 aromatic heterocycles. The molecular formula is C20H15F4N3O2S. The standard InChI is InChI=1S/C20H15F4N3O2S/c1-11-16(30-19(26-11)12-6-8-13(21)9-7-12)18(29)27-15-5-3-2-4-14(15)17(28)25-10-20(22,23)24/h2-9H,10H2,1H3,(H,25,28)(H,27,29). The molecule has 0 unspecified atom stereocenters. The van der Waals surface area contributed by atoms with Gasteiger partial charge in [0, 0.05) is 5.56 Å². The fourth-order valence-corrected chi connectivity index (χ4v) is 3.53. The molecule has 2 aromatic carbocycles. The Morgan fingerprint density at radius 1 is 1.03 bits per heavy atom. The van der Waals surface area contributed by atoms with E-state index in [1.165, 1.54) is 42.5 Å². The van der Waals surface area contributed by atoms with Crippen molar-refractivity contribution in [1.29, 1.82) is 0 Å². The van der Waals surface area contributed by atoms with Gasteiger partial charge in [-0.2, -0.15) is 13.2 Å². The number of carbonyl (C=O) groups excluding carboxylic acids is 2. The zero-order valence-corrected chi connectivity index (χ0v) is 16.3. The number of halogens is 4. The van der Waals surface area contributed by atoms with Gasteiger partial charge in [-0.3, -0.25) is 9.59 Å². The highest BCUT2D eigenvalue weighted by atomic mass is 32.1. The molecule has 3 aromatic rings. The Balaban J connectivity index is 1.80. The lowest BCUT2D eigenvalue weighted by Gasteiger charge is -2.12. The number of nitrogens with zero attached hydrogens (tertiary/aromatic N) is 1. The normalized spacial score (nSPS) is 11.2. The van der Waals surface area contributed by atoms with Crippen LogP contribution in [0.15, 0.2) is 48.5 Å². The number of amides is 2. The van der Waals surface area contributed by atoms with Gasteiger partial charge in [-0.25, -0.2) is 9.37 Å². The summed E-state index contributed by atoms with van der Waals surface area (Å²) >= 11 is 1.08. The number of aromatic nitrogens is 1. The maximum absolute atomic E-state index is 13.1. The molecule has 2 amide bonds. The molecule has 30 heavy (non-hydrogen) atoms. The van der Waals surface area contributed by atoms with E-state index in [9.17, 15) is 27.2 Å². The van der Waals surface area contributed by atoms with Gasteiger partial charge in [0.05, 0.1) is 16.9 Å². The Morgan fingerprint density at radius 3 is 2.37 bits per heavy atom. The van der Waals surface area contributed by atoms with Crippen LogP contribution in [0.1, 0.15) is 25.7 Å². The molecule has 156 valence electrons. The third-order valence-electron chi connectivity index (χ3n) is 3.96. The SMILES string of the molecule is Cc1nc(-c2ccc(F)cc2)sc1C(=O)Nc1ccccc1C(=O)NCC(F)(F)F. The Kier molecular flexibility index (Phi) is 6.16. The van der Waals surface area contributed by atoms with E-state index >= 15 is 0 Å². The number of thiazole rings is 1. The first-order valence-electron chi connectivity index (χ1n) is 8.63. The lowest BCUT2D eigenvalue weighted by Crippen LogP contribution is -2.34. The van der Waals surface area contributed by atoms with Crippen LogP contribution in [0, 0.1) is 12.7 Å². The second-order valence-corrected chi connectivity index (χ2v) is 7.24.